The molecular weight excluding hydrogens is 234 g/mol. The maximum absolute atomic E-state index is 4.81. The Morgan fingerprint density at radius 2 is 1.95 bits per heavy atom. The number of hydrogen-bond acceptors (Lipinski definition) is 2. The molecule has 2 rings (SSSR count). The molecule has 0 amide bonds. The molecule has 0 aliphatic rings. The van der Waals surface area contributed by atoms with Crippen LogP contribution in [-0.4, -0.2) is 22.1 Å². The zero-order chi connectivity index (χ0) is 14.0. The van der Waals surface area contributed by atoms with Crippen LogP contribution >= 0.6 is 0 Å². The molecule has 1 heterocycles. The number of nitrogens with one attached hydrogen (secondary N) is 1. The third kappa shape index (κ3) is 3.16. The lowest BCUT2D eigenvalue weighted by Crippen LogP contribution is -2.26. The Morgan fingerprint density at radius 1 is 1.21 bits per heavy atom. The zero-order valence-electron chi connectivity index (χ0n) is 12.7. The molecule has 0 radical (unpaired) electrons. The average Bonchev–Trinajstić information content (AvgIpc) is 2.65. The van der Waals surface area contributed by atoms with Gasteiger partial charge in [-0.1, -0.05) is 19.9 Å². The minimum Gasteiger partial charge on any atom is -0.325 e. The van der Waals surface area contributed by atoms with E-state index >= 15 is 0 Å². The fraction of sp³-hybridized carbons (Fsp3) is 0.562. The molecule has 0 saturated carbocycles. The van der Waals surface area contributed by atoms with Gasteiger partial charge in [0.05, 0.1) is 11.0 Å². The average molecular weight is 259 g/mol. The second kappa shape index (κ2) is 5.74. The number of hydrogen-bond donors (Lipinski definition) is 1. The van der Waals surface area contributed by atoms with E-state index < -0.39 is 0 Å². The summed E-state index contributed by atoms with van der Waals surface area (Å²) in [5.41, 5.74) is 3.64. The molecular formula is C16H25N3. The summed E-state index contributed by atoms with van der Waals surface area (Å²) in [6.45, 7) is 11.9. The van der Waals surface area contributed by atoms with Crippen molar-refractivity contribution >= 4 is 11.0 Å². The van der Waals surface area contributed by atoms with Gasteiger partial charge in [0.1, 0.15) is 5.82 Å². The Morgan fingerprint density at radius 3 is 2.58 bits per heavy atom. The summed E-state index contributed by atoms with van der Waals surface area (Å²) in [5.74, 6) is 1.18. The summed E-state index contributed by atoms with van der Waals surface area (Å²) in [4.78, 5) is 4.81. The third-order valence-electron chi connectivity index (χ3n) is 3.34. The molecule has 0 saturated heterocycles. The van der Waals surface area contributed by atoms with Gasteiger partial charge in [-0.15, -0.1) is 0 Å². The van der Waals surface area contributed by atoms with Crippen LogP contribution in [0.5, 0.6) is 0 Å². The lowest BCUT2D eigenvalue weighted by atomic mass is 10.2. The van der Waals surface area contributed by atoms with Crippen LogP contribution in [0.15, 0.2) is 18.2 Å². The van der Waals surface area contributed by atoms with Crippen molar-refractivity contribution in [2.75, 3.05) is 6.54 Å². The third-order valence-corrected chi connectivity index (χ3v) is 3.34. The SMILES string of the molecule is Cc1ccc2c(c1)nc(CCNC(C)C)n2C(C)C. The van der Waals surface area contributed by atoms with Gasteiger partial charge in [0.15, 0.2) is 0 Å². The van der Waals surface area contributed by atoms with E-state index in [2.05, 4.69) is 62.7 Å². The summed E-state index contributed by atoms with van der Waals surface area (Å²) in [5, 5.41) is 3.46. The molecule has 104 valence electrons. The zero-order valence-corrected chi connectivity index (χ0v) is 12.7. The van der Waals surface area contributed by atoms with Gasteiger partial charge in [-0.3, -0.25) is 0 Å². The number of aromatic nitrogens is 2. The van der Waals surface area contributed by atoms with Crippen molar-refractivity contribution in [1.82, 2.24) is 14.9 Å². The molecule has 3 nitrogen and oxygen atoms in total. The number of aryl methyl sites for hydroxylation is 1. The summed E-state index contributed by atoms with van der Waals surface area (Å²) in [6.07, 6.45) is 0.976. The first-order valence-electron chi connectivity index (χ1n) is 7.20. The molecule has 1 aromatic heterocycles. The molecule has 0 unspecified atom stereocenters. The van der Waals surface area contributed by atoms with E-state index in [-0.39, 0.29) is 0 Å². The Balaban J connectivity index is 2.33. The molecule has 2 aromatic rings. The van der Waals surface area contributed by atoms with Crippen LogP contribution in [0, 0.1) is 6.92 Å². The van der Waals surface area contributed by atoms with Gasteiger partial charge in [0.2, 0.25) is 0 Å². The van der Waals surface area contributed by atoms with E-state index in [9.17, 15) is 0 Å². The van der Waals surface area contributed by atoms with Crippen LogP contribution in [0.3, 0.4) is 0 Å². The molecule has 0 atom stereocenters. The predicted molar refractivity (Wildman–Crippen MR) is 81.7 cm³/mol. The second-order valence-corrected chi connectivity index (χ2v) is 5.84. The van der Waals surface area contributed by atoms with Crippen molar-refractivity contribution in [2.24, 2.45) is 0 Å². The van der Waals surface area contributed by atoms with Gasteiger partial charge >= 0.3 is 0 Å². The first-order chi connectivity index (χ1) is 8.99. The Hall–Kier alpha value is -1.35. The van der Waals surface area contributed by atoms with Gasteiger partial charge in [-0.05, 0) is 38.5 Å². The van der Waals surface area contributed by atoms with E-state index in [1.54, 1.807) is 0 Å². The summed E-state index contributed by atoms with van der Waals surface area (Å²) in [6, 6.07) is 7.50. The summed E-state index contributed by atoms with van der Waals surface area (Å²) in [7, 11) is 0. The molecule has 0 bridgehead atoms. The fourth-order valence-electron chi connectivity index (χ4n) is 2.48. The molecule has 0 spiro atoms. The highest BCUT2D eigenvalue weighted by atomic mass is 15.1. The molecule has 0 aliphatic carbocycles. The largest absolute Gasteiger partial charge is 0.325 e. The predicted octanol–water partition coefficient (Wildman–Crippen LogP) is 3.47. The maximum atomic E-state index is 4.81. The van der Waals surface area contributed by atoms with Crippen LogP contribution in [0.25, 0.3) is 11.0 Å². The van der Waals surface area contributed by atoms with Crippen LogP contribution < -0.4 is 5.32 Å². The van der Waals surface area contributed by atoms with Gasteiger partial charge in [-0.25, -0.2) is 4.98 Å². The first-order valence-corrected chi connectivity index (χ1v) is 7.20. The molecule has 3 heteroatoms. The quantitative estimate of drug-likeness (QED) is 0.891. The van der Waals surface area contributed by atoms with Crippen molar-refractivity contribution in [3.05, 3.63) is 29.6 Å². The van der Waals surface area contributed by atoms with Crippen LogP contribution in [0.1, 0.15) is 45.1 Å². The number of fused-ring (bicyclic) bond motifs is 1. The second-order valence-electron chi connectivity index (χ2n) is 5.84. The van der Waals surface area contributed by atoms with Crippen molar-refractivity contribution in [2.45, 2.75) is 53.1 Å². The molecule has 0 fully saturated rings. The molecule has 0 aliphatic heterocycles. The van der Waals surface area contributed by atoms with Gasteiger partial charge in [-0.2, -0.15) is 0 Å². The summed E-state index contributed by atoms with van der Waals surface area (Å²) < 4.78 is 2.36. The Kier molecular flexibility index (Phi) is 4.25. The highest BCUT2D eigenvalue weighted by Crippen LogP contribution is 2.22. The maximum Gasteiger partial charge on any atom is 0.111 e. The monoisotopic (exact) mass is 259 g/mol. The van der Waals surface area contributed by atoms with Crippen LogP contribution in [0.4, 0.5) is 0 Å². The lowest BCUT2D eigenvalue weighted by molar-refractivity contribution is 0.546. The van der Waals surface area contributed by atoms with Crippen molar-refractivity contribution in [3.63, 3.8) is 0 Å². The van der Waals surface area contributed by atoms with E-state index in [4.69, 9.17) is 4.98 Å². The highest BCUT2D eigenvalue weighted by molar-refractivity contribution is 5.77. The summed E-state index contributed by atoms with van der Waals surface area (Å²) >= 11 is 0. The van der Waals surface area contributed by atoms with Crippen molar-refractivity contribution in [1.29, 1.82) is 0 Å². The van der Waals surface area contributed by atoms with Gasteiger partial charge < -0.3 is 9.88 Å². The van der Waals surface area contributed by atoms with E-state index in [0.717, 1.165) is 18.5 Å². The first kappa shape index (κ1) is 14.1. The van der Waals surface area contributed by atoms with Crippen molar-refractivity contribution in [3.8, 4) is 0 Å². The Labute approximate surface area is 116 Å². The number of rotatable bonds is 5. The lowest BCUT2D eigenvalue weighted by Gasteiger charge is -2.14. The number of imidazole rings is 1. The number of nitrogens with zero attached hydrogens (tertiary/aromatic N) is 2. The molecule has 19 heavy (non-hydrogen) atoms. The fourth-order valence-corrected chi connectivity index (χ4v) is 2.48. The van der Waals surface area contributed by atoms with Crippen LogP contribution in [-0.2, 0) is 6.42 Å². The van der Waals surface area contributed by atoms with E-state index in [1.807, 2.05) is 0 Å². The van der Waals surface area contributed by atoms with Gasteiger partial charge in [0, 0.05) is 25.0 Å². The minimum atomic E-state index is 0.446. The Bertz CT molecular complexity index is 552. The topological polar surface area (TPSA) is 29.9 Å². The highest BCUT2D eigenvalue weighted by Gasteiger charge is 2.12. The molecule has 1 aromatic carbocycles. The van der Waals surface area contributed by atoms with Crippen molar-refractivity contribution < 1.29 is 0 Å². The standard InChI is InChI=1S/C16H25N3/c1-11(2)17-9-8-16-18-14-10-13(5)6-7-15(14)19(16)12(3)4/h6-7,10-12,17H,8-9H2,1-5H3. The number of benzene rings is 1. The normalized spacial score (nSPS) is 11.9. The van der Waals surface area contributed by atoms with Gasteiger partial charge in [0.25, 0.3) is 0 Å². The van der Waals surface area contributed by atoms with Crippen LogP contribution in [0.2, 0.25) is 0 Å². The van der Waals surface area contributed by atoms with E-state index in [1.165, 1.54) is 16.9 Å². The minimum absolute atomic E-state index is 0.446. The molecule has 1 N–H and O–H groups in total. The van der Waals surface area contributed by atoms with E-state index in [0.29, 0.717) is 12.1 Å². The smallest absolute Gasteiger partial charge is 0.111 e.